The average molecular weight is 1070 g/mol. The van der Waals surface area contributed by atoms with Crippen molar-refractivity contribution in [1.29, 1.82) is 0 Å². The number of unbranched alkanes of at least 4 members (excludes halogenated alkanes) is 29. The summed E-state index contributed by atoms with van der Waals surface area (Å²) in [6, 6.07) is 0. The van der Waals surface area contributed by atoms with Gasteiger partial charge in [-0.2, -0.15) is 0 Å². The highest BCUT2D eigenvalue weighted by Crippen LogP contribution is 2.16. The first-order valence-corrected chi connectivity index (χ1v) is 32.4. The summed E-state index contributed by atoms with van der Waals surface area (Å²) in [6.07, 6.45) is 88.1. The molecule has 0 aliphatic rings. The number of rotatable bonds is 58. The Kier molecular flexibility index (Phi) is 61.3. The highest BCUT2D eigenvalue weighted by Gasteiger charge is 2.19. The summed E-state index contributed by atoms with van der Waals surface area (Å²) < 4.78 is 16.9. The van der Waals surface area contributed by atoms with Crippen LogP contribution in [0.25, 0.3) is 0 Å². The van der Waals surface area contributed by atoms with Crippen LogP contribution in [0.1, 0.15) is 303 Å². The van der Waals surface area contributed by atoms with E-state index in [9.17, 15) is 14.4 Å². The molecule has 0 aromatic carbocycles. The molecule has 1 unspecified atom stereocenters. The minimum atomic E-state index is -0.787. The van der Waals surface area contributed by atoms with Gasteiger partial charge in [-0.15, -0.1) is 0 Å². The lowest BCUT2D eigenvalue weighted by molar-refractivity contribution is -0.167. The number of hydrogen-bond donors (Lipinski definition) is 0. The highest BCUT2D eigenvalue weighted by atomic mass is 16.6. The zero-order valence-corrected chi connectivity index (χ0v) is 50.4. The second-order valence-electron chi connectivity index (χ2n) is 21.3. The SMILES string of the molecule is CC/C=C\C/C=C\C/C=C\C/C=C\C/C=C\C/C=C\CCCCCCCCCCCCC(=O)OCC(COC(=O)CCCCCCC/C=C\CCCC)OC(=O)CCCCCCCCCCC/C=C\C/C=C\CCCCC. The summed E-state index contributed by atoms with van der Waals surface area (Å²) in [4.78, 5) is 38.3. The van der Waals surface area contributed by atoms with Gasteiger partial charge in [0, 0.05) is 19.3 Å². The van der Waals surface area contributed by atoms with Crippen LogP contribution in [0, 0.1) is 0 Å². The van der Waals surface area contributed by atoms with Crippen molar-refractivity contribution in [1.82, 2.24) is 0 Å². The zero-order chi connectivity index (χ0) is 55.7. The molecule has 0 aliphatic heterocycles. The van der Waals surface area contributed by atoms with E-state index < -0.39 is 6.10 Å². The van der Waals surface area contributed by atoms with Crippen LogP contribution >= 0.6 is 0 Å². The van der Waals surface area contributed by atoms with Crippen LogP contribution in [-0.2, 0) is 28.6 Å². The second-order valence-corrected chi connectivity index (χ2v) is 21.3. The van der Waals surface area contributed by atoms with Gasteiger partial charge in [0.15, 0.2) is 6.10 Å². The van der Waals surface area contributed by atoms with Crippen molar-refractivity contribution >= 4 is 17.9 Å². The van der Waals surface area contributed by atoms with E-state index in [-0.39, 0.29) is 31.1 Å². The smallest absolute Gasteiger partial charge is 0.306 e. The van der Waals surface area contributed by atoms with Gasteiger partial charge in [0.25, 0.3) is 0 Å². The molecule has 0 heterocycles. The molecule has 440 valence electrons. The Morgan fingerprint density at radius 3 is 0.844 bits per heavy atom. The Balaban J connectivity index is 4.27. The molecule has 0 rings (SSSR count). The summed E-state index contributed by atoms with van der Waals surface area (Å²) in [5, 5.41) is 0. The van der Waals surface area contributed by atoms with E-state index in [2.05, 4.69) is 130 Å². The molecular formula is C71H120O6. The van der Waals surface area contributed by atoms with Gasteiger partial charge in [-0.05, 0) is 122 Å². The summed E-state index contributed by atoms with van der Waals surface area (Å²) in [6.45, 7) is 6.47. The van der Waals surface area contributed by atoms with Gasteiger partial charge >= 0.3 is 17.9 Å². The lowest BCUT2D eigenvalue weighted by Gasteiger charge is -2.18. The molecule has 0 aromatic heterocycles. The van der Waals surface area contributed by atoms with Gasteiger partial charge in [0.2, 0.25) is 0 Å². The molecule has 0 radical (unpaired) electrons. The topological polar surface area (TPSA) is 78.9 Å². The van der Waals surface area contributed by atoms with Crippen molar-refractivity contribution in [3.63, 3.8) is 0 Å². The van der Waals surface area contributed by atoms with Crippen molar-refractivity contribution in [2.75, 3.05) is 13.2 Å². The standard InChI is InChI=1S/C71H120O6/c1-4-7-10-13-16-19-22-24-26-28-30-31-32-33-34-35-36-37-38-39-41-42-44-46-49-52-55-58-61-64-70(73)76-67-68(66-75-69(72)63-60-57-54-51-48-21-18-15-12-9-6-3)77-71(74)65-62-59-56-53-50-47-45-43-40-29-27-25-23-20-17-14-11-8-5-2/h7,10,15-20,24-27,30-31,33-34,36-37,68H,4-6,8-9,11-14,21-23,28-29,32,35,38-67H2,1-3H3/b10-7-,18-15-,19-16-,20-17-,26-24-,27-25-,31-30-,34-33-,37-36-. The van der Waals surface area contributed by atoms with Gasteiger partial charge in [-0.3, -0.25) is 14.4 Å². The Bertz CT molecular complexity index is 1560. The first-order chi connectivity index (χ1) is 38.0. The van der Waals surface area contributed by atoms with E-state index in [1.807, 2.05) is 0 Å². The van der Waals surface area contributed by atoms with E-state index in [1.165, 1.54) is 154 Å². The lowest BCUT2D eigenvalue weighted by Crippen LogP contribution is -2.30. The van der Waals surface area contributed by atoms with Crippen LogP contribution in [0.15, 0.2) is 109 Å². The summed E-state index contributed by atoms with van der Waals surface area (Å²) >= 11 is 0. The number of hydrogen-bond acceptors (Lipinski definition) is 6. The number of allylic oxidation sites excluding steroid dienone is 18. The third-order valence-electron chi connectivity index (χ3n) is 13.7. The largest absolute Gasteiger partial charge is 0.462 e. The van der Waals surface area contributed by atoms with Crippen LogP contribution in [0.5, 0.6) is 0 Å². The molecule has 0 saturated heterocycles. The molecule has 6 heteroatoms. The van der Waals surface area contributed by atoms with Crippen LogP contribution in [0.3, 0.4) is 0 Å². The van der Waals surface area contributed by atoms with E-state index in [0.717, 1.165) is 109 Å². The quantitative estimate of drug-likeness (QED) is 0.0261. The van der Waals surface area contributed by atoms with Crippen LogP contribution in [0.2, 0.25) is 0 Å². The predicted molar refractivity (Wildman–Crippen MR) is 334 cm³/mol. The molecule has 77 heavy (non-hydrogen) atoms. The zero-order valence-electron chi connectivity index (χ0n) is 50.4. The Morgan fingerprint density at radius 2 is 0.519 bits per heavy atom. The van der Waals surface area contributed by atoms with Crippen molar-refractivity contribution in [2.45, 2.75) is 309 Å². The number of esters is 3. The summed E-state index contributed by atoms with van der Waals surface area (Å²) in [5.41, 5.74) is 0. The molecule has 0 aromatic rings. The number of carbonyl (C=O) groups is 3. The molecule has 0 N–H and O–H groups in total. The molecule has 0 fully saturated rings. The maximum atomic E-state index is 12.9. The Hall–Kier alpha value is -3.93. The van der Waals surface area contributed by atoms with Gasteiger partial charge in [-0.25, -0.2) is 0 Å². The van der Waals surface area contributed by atoms with Gasteiger partial charge < -0.3 is 14.2 Å². The van der Waals surface area contributed by atoms with E-state index in [1.54, 1.807) is 0 Å². The fraction of sp³-hybridized carbons (Fsp3) is 0.704. The fourth-order valence-corrected chi connectivity index (χ4v) is 8.87. The maximum Gasteiger partial charge on any atom is 0.306 e. The Morgan fingerprint density at radius 1 is 0.273 bits per heavy atom. The van der Waals surface area contributed by atoms with Gasteiger partial charge in [0.05, 0.1) is 0 Å². The van der Waals surface area contributed by atoms with Crippen LogP contribution in [-0.4, -0.2) is 37.2 Å². The monoisotopic (exact) mass is 1070 g/mol. The van der Waals surface area contributed by atoms with Crippen LogP contribution in [0.4, 0.5) is 0 Å². The first kappa shape index (κ1) is 73.1. The fourth-order valence-electron chi connectivity index (χ4n) is 8.87. The summed E-state index contributed by atoms with van der Waals surface area (Å²) in [5.74, 6) is -0.896. The minimum Gasteiger partial charge on any atom is -0.462 e. The van der Waals surface area contributed by atoms with Crippen molar-refractivity contribution in [3.05, 3.63) is 109 Å². The molecule has 6 nitrogen and oxygen atoms in total. The molecule has 0 bridgehead atoms. The van der Waals surface area contributed by atoms with E-state index in [0.29, 0.717) is 19.3 Å². The normalized spacial score (nSPS) is 12.8. The van der Waals surface area contributed by atoms with Crippen molar-refractivity contribution < 1.29 is 28.6 Å². The summed E-state index contributed by atoms with van der Waals surface area (Å²) in [7, 11) is 0. The highest BCUT2D eigenvalue weighted by molar-refractivity contribution is 5.71. The number of ether oxygens (including phenoxy) is 3. The third-order valence-corrected chi connectivity index (χ3v) is 13.7. The minimum absolute atomic E-state index is 0.0844. The molecule has 1 atom stereocenters. The van der Waals surface area contributed by atoms with E-state index >= 15 is 0 Å². The number of carbonyl (C=O) groups excluding carboxylic acids is 3. The van der Waals surface area contributed by atoms with Crippen molar-refractivity contribution in [2.24, 2.45) is 0 Å². The molecule has 0 amide bonds. The van der Waals surface area contributed by atoms with Gasteiger partial charge in [-0.1, -0.05) is 271 Å². The molecular weight excluding hydrogens is 949 g/mol. The maximum absolute atomic E-state index is 12.9. The van der Waals surface area contributed by atoms with Crippen molar-refractivity contribution in [3.8, 4) is 0 Å². The third kappa shape index (κ3) is 62.8. The Labute approximate surface area is 476 Å². The van der Waals surface area contributed by atoms with E-state index in [4.69, 9.17) is 14.2 Å². The molecule has 0 spiro atoms. The second kappa shape index (κ2) is 64.6. The lowest BCUT2D eigenvalue weighted by atomic mass is 10.1. The average Bonchev–Trinajstić information content (AvgIpc) is 3.43. The predicted octanol–water partition coefficient (Wildman–Crippen LogP) is 22.2. The van der Waals surface area contributed by atoms with Crippen LogP contribution < -0.4 is 0 Å². The first-order valence-electron chi connectivity index (χ1n) is 32.4. The molecule has 0 saturated carbocycles. The van der Waals surface area contributed by atoms with Gasteiger partial charge in [0.1, 0.15) is 13.2 Å². The molecule has 0 aliphatic carbocycles.